The maximum absolute atomic E-state index is 14.4. The summed E-state index contributed by atoms with van der Waals surface area (Å²) in [5.41, 5.74) is 11.5. The fourth-order valence-corrected chi connectivity index (χ4v) is 18.0. The van der Waals surface area contributed by atoms with Gasteiger partial charge in [-0.1, -0.05) is 20.3 Å². The summed E-state index contributed by atoms with van der Waals surface area (Å²) in [7, 11) is 0. The quantitative estimate of drug-likeness (QED) is 0.0112. The molecular weight excluding hydrogens is 1920 g/mol. The van der Waals surface area contributed by atoms with Crippen LogP contribution in [-0.2, 0) is 159 Å². The Kier molecular flexibility index (Phi) is 46.0. The van der Waals surface area contributed by atoms with Crippen molar-refractivity contribution in [3.63, 3.8) is 0 Å². The molecule has 3 fully saturated rings. The Morgan fingerprint density at radius 3 is 1.85 bits per heavy atom. The van der Waals surface area contributed by atoms with E-state index in [1.54, 1.807) is 25.1 Å². The van der Waals surface area contributed by atoms with E-state index in [0.29, 0.717) is 68.6 Å². The number of phenolic OH excluding ortho intramolecular Hbond substituents is 1. The van der Waals surface area contributed by atoms with E-state index in [1.165, 1.54) is 29.4 Å². The predicted molar refractivity (Wildman–Crippen MR) is 504 cm³/mol. The van der Waals surface area contributed by atoms with Crippen molar-refractivity contribution in [3.8, 4) is 17.1 Å². The molecule has 51 nitrogen and oxygen atoms in total. The SMILES string of the molecule is CCOCCOCC(=O)NCCCCC(NC(=O)COCCOCCOCCNC(=O)CCCCCN1C(=O)CC(SC[C@H](NC(=O)[C@H](CCC(=O)O)NC(=O)[C@H](CCC(=O)O)NC(=O)[C@@H]2CCCN2C(=O)[C@@H]2CCCN2C(=O)[C@H](C)NC(=O)[C@H](CO)NC(=O)[C@H](C)NC(=O)[C@H](CC(N)=O)NC(C)=O)C(N)=O)C1=O)C(=O)NCC(=O)O[C@]1(CC)C(=O)OCc2c1cc1n(c2=O)Cc2c-1nc1ccc(O)cc1c2CC. The lowest BCUT2D eigenvalue weighted by molar-refractivity contribution is -0.189. The second-order valence-electron chi connectivity index (χ2n) is 34.8. The summed E-state index contributed by atoms with van der Waals surface area (Å²) in [4.78, 5) is 299. The number of benzene rings is 1. The molecule has 792 valence electrons. The number of carbonyl (C=O) groups excluding carboxylic acids is 19. The fraction of sp³-hybridized carbons (Fsp3) is 0.620. The number of phenols is 1. The maximum atomic E-state index is 14.4. The Balaban J connectivity index is 0.718. The minimum absolute atomic E-state index is 0.000548. The highest BCUT2D eigenvalue weighted by Gasteiger charge is 2.52. The lowest BCUT2D eigenvalue weighted by Gasteiger charge is -2.35. The topological polar surface area (TPSA) is 733 Å². The number of aromatic hydroxyl groups is 1. The molecule has 0 bridgehead atoms. The number of aliphatic hydroxyl groups excluding tert-OH is 1. The molecule has 5 aliphatic rings. The van der Waals surface area contributed by atoms with Gasteiger partial charge < -0.3 is 138 Å². The molecule has 2 aromatic heterocycles. The molecule has 12 atom stereocenters. The van der Waals surface area contributed by atoms with E-state index in [2.05, 4.69) is 58.5 Å². The van der Waals surface area contributed by atoms with Crippen molar-refractivity contribution in [1.82, 2.24) is 82.7 Å². The van der Waals surface area contributed by atoms with Gasteiger partial charge in [0.1, 0.15) is 92.5 Å². The van der Waals surface area contributed by atoms with Gasteiger partial charge in [0.2, 0.25) is 106 Å². The number of fused-ring (bicyclic) bond motifs is 5. The number of nitrogens with two attached hydrogens (primary N) is 2. The zero-order valence-corrected chi connectivity index (χ0v) is 82.0. The normalized spacial score (nSPS) is 17.8. The average Bonchev–Trinajstić information content (AvgIpc) is 1.52. The number of aromatic nitrogens is 2. The van der Waals surface area contributed by atoms with Crippen molar-refractivity contribution < 1.29 is 154 Å². The van der Waals surface area contributed by atoms with E-state index in [-0.39, 0.29) is 166 Å². The lowest BCUT2D eigenvalue weighted by Crippen LogP contribution is -2.60. The summed E-state index contributed by atoms with van der Waals surface area (Å²) in [5, 5.41) is 66.1. The van der Waals surface area contributed by atoms with E-state index >= 15 is 0 Å². The summed E-state index contributed by atoms with van der Waals surface area (Å²) in [6.07, 6.45) is -0.762. The number of carboxylic acids is 2. The zero-order valence-electron chi connectivity index (χ0n) is 81.2. The summed E-state index contributed by atoms with van der Waals surface area (Å²) in [6, 6.07) is -8.44. The number of primary amides is 2. The van der Waals surface area contributed by atoms with Crippen molar-refractivity contribution in [2.75, 3.05) is 118 Å². The van der Waals surface area contributed by atoms with Crippen LogP contribution >= 0.6 is 11.8 Å². The summed E-state index contributed by atoms with van der Waals surface area (Å²) >= 11 is 0.805. The van der Waals surface area contributed by atoms with E-state index < -0.39 is 254 Å². The van der Waals surface area contributed by atoms with E-state index in [1.807, 2.05) is 13.8 Å². The van der Waals surface area contributed by atoms with E-state index in [0.717, 1.165) is 45.0 Å². The van der Waals surface area contributed by atoms with E-state index in [4.69, 9.17) is 49.6 Å². The molecule has 3 aromatic rings. The molecule has 17 amide bonds. The van der Waals surface area contributed by atoms with Crippen LogP contribution < -0.4 is 75.5 Å². The van der Waals surface area contributed by atoms with Gasteiger partial charge in [-0.25, -0.2) is 9.78 Å². The molecule has 7 heterocycles. The van der Waals surface area contributed by atoms with Crippen molar-refractivity contribution >= 4 is 147 Å². The van der Waals surface area contributed by atoms with Gasteiger partial charge in [-0.3, -0.25) is 106 Å². The molecule has 5 aliphatic heterocycles. The Bertz CT molecular complexity index is 5240. The monoisotopic (exact) mass is 2050 g/mol. The number of nitrogens with zero attached hydrogens (tertiary/aromatic N) is 5. The minimum Gasteiger partial charge on any atom is -0.508 e. The molecule has 144 heavy (non-hydrogen) atoms. The number of aliphatic carboxylic acids is 2. The number of carboxylic acid groups (broad SMARTS) is 2. The van der Waals surface area contributed by atoms with Crippen molar-refractivity contribution in [2.45, 2.75) is 248 Å². The smallest absolute Gasteiger partial charge is 0.355 e. The number of likely N-dealkylation sites (tertiary alicyclic amines) is 3. The van der Waals surface area contributed by atoms with Crippen LogP contribution in [0.4, 0.5) is 0 Å². The van der Waals surface area contributed by atoms with Crippen LogP contribution in [0.3, 0.4) is 0 Å². The number of ether oxygens (including phenoxy) is 7. The molecule has 0 radical (unpaired) electrons. The molecular formula is C92H130N18O33S. The maximum Gasteiger partial charge on any atom is 0.355 e. The summed E-state index contributed by atoms with van der Waals surface area (Å²) in [5.74, 6) is -19.2. The number of pyridine rings is 2. The van der Waals surface area contributed by atoms with Crippen molar-refractivity contribution in [1.29, 1.82) is 0 Å². The van der Waals surface area contributed by atoms with Crippen LogP contribution in [0.5, 0.6) is 5.75 Å². The molecule has 52 heteroatoms. The predicted octanol–water partition coefficient (Wildman–Crippen LogP) is -5.06. The average molecular weight is 2050 g/mol. The molecule has 0 aliphatic carbocycles. The van der Waals surface area contributed by atoms with Gasteiger partial charge in [-0.15, -0.1) is 11.8 Å². The standard InChI is InChI=1S/C92H130N18O33S/c1-7-54-55-39-53(113)21-22-59(55)102-78-56(54)44-110-68(78)40-58-57(88(110)133)46-142-91(136)92(58,8-2)143-77(123)43-97-81(126)60(17-12-13-27-95-72(116)47-140-37-33-137-9-3)101-73(117)48-141-38-36-139-35-34-138-32-28-96-71(115)20-11-10-14-29-109-74(118)42-69(90(109)135)144-49-65(79(94)124)106-83(128)61(23-25-75(119)120)103-82(127)62(24-26-76(121)122)104-86(131)66-18-15-30-107(66)89(134)67-19-16-31-108(67)87(132)51(5)99-85(130)64(45-111)105-80(125)50(4)98-84(129)63(41-70(93)114)100-52(6)112/h21-22,39-40,50-51,60-67,69,111,113H,7-20,23-38,41-49H2,1-6H3,(H2,93,114)(H2,94,124)(H,95,116)(H,96,115)(H,97,126)(H,98,129)(H,99,130)(H,100,112)(H,101,117)(H,103,127)(H,104,131)(H,105,125)(H,106,128)(H,119,120)(H,121,122)/t50-,51-,60?,61-,62-,63-,64-,65-,66-,67-,69?,92-/m0/s1. The Morgan fingerprint density at radius 1 is 0.597 bits per heavy atom. The first-order valence-electron chi connectivity index (χ1n) is 47.7. The Labute approximate surface area is 831 Å². The largest absolute Gasteiger partial charge is 0.508 e. The summed E-state index contributed by atoms with van der Waals surface area (Å²) < 4.78 is 40.1. The molecule has 3 saturated heterocycles. The van der Waals surface area contributed by atoms with Gasteiger partial charge in [0, 0.05) is 94.2 Å². The fourth-order valence-electron chi connectivity index (χ4n) is 16.8. The van der Waals surface area contributed by atoms with E-state index in [9.17, 15) is 126 Å². The highest BCUT2D eigenvalue weighted by Crippen LogP contribution is 2.43. The van der Waals surface area contributed by atoms with Crippen LogP contribution in [0, 0.1) is 0 Å². The van der Waals surface area contributed by atoms with Crippen LogP contribution in [0.15, 0.2) is 29.1 Å². The second kappa shape index (κ2) is 57.2. The molecule has 2 unspecified atom stereocenters. The number of esters is 2. The van der Waals surface area contributed by atoms with Gasteiger partial charge in [0.05, 0.1) is 93.5 Å². The van der Waals surface area contributed by atoms with Crippen molar-refractivity contribution in [3.05, 3.63) is 56.9 Å². The number of nitrogens with one attached hydrogen (secondary N) is 11. The number of thioether (sulfide) groups is 1. The van der Waals surface area contributed by atoms with Crippen LogP contribution in [0.1, 0.15) is 179 Å². The number of aliphatic hydroxyl groups is 1. The van der Waals surface area contributed by atoms with Crippen molar-refractivity contribution in [2.24, 2.45) is 11.5 Å². The van der Waals surface area contributed by atoms with Gasteiger partial charge in [0.25, 0.3) is 5.56 Å². The number of imide groups is 1. The van der Waals surface area contributed by atoms with Gasteiger partial charge >= 0.3 is 23.9 Å². The third-order valence-electron chi connectivity index (χ3n) is 24.3. The Hall–Kier alpha value is -13.4. The first-order chi connectivity index (χ1) is 68.6. The van der Waals surface area contributed by atoms with Gasteiger partial charge in [-0.05, 0) is 134 Å². The molecule has 8 rings (SSSR count). The minimum atomic E-state index is -2.11. The highest BCUT2D eigenvalue weighted by atomic mass is 32.2. The number of hydrogen-bond donors (Lipinski definition) is 17. The van der Waals surface area contributed by atoms with Crippen LogP contribution in [0.25, 0.3) is 22.3 Å². The zero-order chi connectivity index (χ0) is 106. The molecule has 1 aromatic carbocycles. The first kappa shape index (κ1) is 116. The number of amides is 17. The number of rotatable bonds is 63. The number of unbranched alkanes of at least 4 members (excludes halogenated alkanes) is 3. The van der Waals surface area contributed by atoms with Gasteiger partial charge in [0.15, 0.2) is 0 Å². The molecule has 0 saturated carbocycles. The first-order valence-corrected chi connectivity index (χ1v) is 48.8. The number of cyclic esters (lactones) is 1. The van der Waals surface area contributed by atoms with Crippen LogP contribution in [0.2, 0.25) is 0 Å². The van der Waals surface area contributed by atoms with Crippen LogP contribution in [-0.4, -0.2) is 352 Å². The highest BCUT2D eigenvalue weighted by molar-refractivity contribution is 8.00. The number of aryl methyl sites for hydroxylation is 1. The lowest BCUT2D eigenvalue weighted by atomic mass is 9.85. The van der Waals surface area contributed by atoms with Gasteiger partial charge in [-0.2, -0.15) is 0 Å². The molecule has 0 spiro atoms. The third kappa shape index (κ3) is 33.6. The third-order valence-corrected chi connectivity index (χ3v) is 25.6. The number of hydrogen-bond acceptors (Lipinski definition) is 33. The second-order valence-corrected chi connectivity index (χ2v) is 36.0. The summed E-state index contributed by atoms with van der Waals surface area (Å²) in [6.45, 7) is 7.76. The Morgan fingerprint density at radius 2 is 1.20 bits per heavy atom. The number of carbonyl (C=O) groups is 21. The molecule has 19 N–H and O–H groups in total.